The minimum atomic E-state index is -1.02. The summed E-state index contributed by atoms with van der Waals surface area (Å²) in [6, 6.07) is 0. The Bertz CT molecular complexity index is 79.6. The zero-order valence-electron chi connectivity index (χ0n) is 8.45. The van der Waals surface area contributed by atoms with Crippen molar-refractivity contribution in [3.8, 4) is 0 Å². The Morgan fingerprint density at radius 3 is 1.82 bits per heavy atom. The van der Waals surface area contributed by atoms with Gasteiger partial charge in [0, 0.05) is 0 Å². The van der Waals surface area contributed by atoms with Crippen molar-refractivity contribution in [2.75, 3.05) is 0 Å². The Morgan fingerprint density at radius 1 is 1.36 bits per heavy atom. The first-order valence-electron chi connectivity index (χ1n) is 4.45. The lowest BCUT2D eigenvalue weighted by atomic mass is 10.1. The fourth-order valence-electron chi connectivity index (χ4n) is 0.823. The number of hydrogen-bond acceptors (Lipinski definition) is 0. The van der Waals surface area contributed by atoms with Gasteiger partial charge in [0.05, 0.1) is 0 Å². The lowest BCUT2D eigenvalue weighted by Gasteiger charge is -2.19. The van der Waals surface area contributed by atoms with E-state index in [0.717, 1.165) is 0 Å². The van der Waals surface area contributed by atoms with Gasteiger partial charge in [0.2, 0.25) is 0 Å². The molecule has 0 radical (unpaired) electrons. The van der Waals surface area contributed by atoms with Gasteiger partial charge in [-0.2, -0.15) is 0 Å². The van der Waals surface area contributed by atoms with E-state index < -0.39 is 5.41 Å². The van der Waals surface area contributed by atoms with Gasteiger partial charge in [0.25, 0.3) is 0 Å². The van der Waals surface area contributed by atoms with Gasteiger partial charge in [-0.15, -0.1) is 0 Å². The maximum Gasteiger partial charge on any atom is 0.123 e. The number of halogens is 1. The summed E-state index contributed by atoms with van der Waals surface area (Å²) in [7, 11) is 2.27. The molecule has 2 atom stereocenters. The highest BCUT2D eigenvalue weighted by Gasteiger charge is 2.21. The second kappa shape index (κ2) is 7.03. The van der Waals surface area contributed by atoms with Crippen LogP contribution >= 0.6 is 9.24 Å². The molecule has 0 aromatic rings. The Morgan fingerprint density at radius 2 is 1.73 bits per heavy atom. The first kappa shape index (κ1) is 13.9. The van der Waals surface area contributed by atoms with E-state index in [0.29, 0.717) is 18.8 Å². The summed E-state index contributed by atoms with van der Waals surface area (Å²) >= 11 is 0. The van der Waals surface area contributed by atoms with E-state index in [4.69, 9.17) is 0 Å². The maximum absolute atomic E-state index is 13.0. The van der Waals surface area contributed by atoms with Crippen LogP contribution in [0.1, 0.15) is 47.5 Å². The summed E-state index contributed by atoms with van der Waals surface area (Å²) in [5.74, 6) is 0.451. The van der Waals surface area contributed by atoms with Crippen molar-refractivity contribution in [1.29, 1.82) is 0 Å². The molecule has 0 saturated carbocycles. The fraction of sp³-hybridized carbons (Fsp3) is 1.00. The lowest BCUT2D eigenvalue weighted by molar-refractivity contribution is 0.234. The third kappa shape index (κ3) is 10.4. The Labute approximate surface area is 73.2 Å². The third-order valence-electron chi connectivity index (χ3n) is 1.34. The van der Waals surface area contributed by atoms with Crippen LogP contribution in [0.15, 0.2) is 0 Å². The molecule has 0 aromatic carbocycles. The zero-order valence-corrected chi connectivity index (χ0v) is 9.60. The van der Waals surface area contributed by atoms with Crippen molar-refractivity contribution in [2.24, 2.45) is 5.92 Å². The average Bonchev–Trinajstić information content (AvgIpc) is 1.90. The van der Waals surface area contributed by atoms with E-state index in [9.17, 15) is 4.39 Å². The molecule has 0 amide bonds. The molecular weight excluding hydrogens is 158 g/mol. The van der Waals surface area contributed by atoms with Crippen LogP contribution in [0.2, 0.25) is 0 Å². The van der Waals surface area contributed by atoms with E-state index in [1.807, 2.05) is 34.6 Å². The predicted molar refractivity (Wildman–Crippen MR) is 54.6 cm³/mol. The quantitative estimate of drug-likeness (QED) is 0.576. The summed E-state index contributed by atoms with van der Waals surface area (Å²) in [5.41, 5.74) is 0. The molecule has 70 valence electrons. The van der Waals surface area contributed by atoms with Gasteiger partial charge in [0.15, 0.2) is 0 Å². The number of alkyl halides is 1. The van der Waals surface area contributed by atoms with E-state index in [1.54, 1.807) is 0 Å². The van der Waals surface area contributed by atoms with Gasteiger partial charge in [-0.05, 0) is 18.8 Å². The van der Waals surface area contributed by atoms with Crippen molar-refractivity contribution >= 4 is 9.24 Å². The molecule has 2 unspecified atom stereocenters. The topological polar surface area (TPSA) is 0 Å². The molecule has 0 heterocycles. The van der Waals surface area contributed by atoms with Gasteiger partial charge >= 0.3 is 0 Å². The van der Waals surface area contributed by atoms with Crippen molar-refractivity contribution in [2.45, 2.75) is 52.9 Å². The zero-order chi connectivity index (χ0) is 9.49. The molecule has 0 bridgehead atoms. The van der Waals surface area contributed by atoms with Gasteiger partial charge in [-0.1, -0.05) is 43.9 Å². The standard InChI is InChI=1S/C7H16FP.C2H6/c1-4-7(8,9)5-6(2)3;1-2/h6H,4-5,9H2,1-3H3;1-2H3. The van der Waals surface area contributed by atoms with Crippen molar-refractivity contribution < 1.29 is 4.39 Å². The summed E-state index contributed by atoms with van der Waals surface area (Å²) in [4.78, 5) is 0. The molecule has 0 aromatic heterocycles. The second-order valence-electron chi connectivity index (χ2n) is 2.99. The Hall–Kier alpha value is 0.360. The molecule has 0 saturated heterocycles. The van der Waals surface area contributed by atoms with Crippen LogP contribution in [0.4, 0.5) is 4.39 Å². The normalized spacial score (nSPS) is 15.3. The largest absolute Gasteiger partial charge is 0.240 e. The highest BCUT2D eigenvalue weighted by Crippen LogP contribution is 2.31. The summed E-state index contributed by atoms with van der Waals surface area (Å²) in [5, 5.41) is -1.02. The van der Waals surface area contributed by atoms with E-state index >= 15 is 0 Å². The first-order valence-corrected chi connectivity index (χ1v) is 5.03. The smallest absolute Gasteiger partial charge is 0.123 e. The van der Waals surface area contributed by atoms with Gasteiger partial charge in [0.1, 0.15) is 5.41 Å². The van der Waals surface area contributed by atoms with Crippen LogP contribution in [0.5, 0.6) is 0 Å². The molecule has 0 aliphatic heterocycles. The van der Waals surface area contributed by atoms with Crippen LogP contribution < -0.4 is 0 Å². The van der Waals surface area contributed by atoms with Gasteiger partial charge in [-0.3, -0.25) is 0 Å². The molecule has 0 N–H and O–H groups in total. The second-order valence-corrected chi connectivity index (χ2v) is 4.02. The SMILES string of the molecule is CC.CCC(F)(P)CC(C)C. The number of rotatable bonds is 3. The molecule has 0 aliphatic carbocycles. The summed E-state index contributed by atoms with van der Waals surface area (Å²) in [6.45, 7) is 9.94. The predicted octanol–water partition coefficient (Wildman–Crippen LogP) is 4.01. The van der Waals surface area contributed by atoms with Crippen molar-refractivity contribution in [1.82, 2.24) is 0 Å². The monoisotopic (exact) mass is 180 g/mol. The minimum Gasteiger partial charge on any atom is -0.240 e. The number of hydrogen-bond donors (Lipinski definition) is 0. The maximum atomic E-state index is 13.0. The third-order valence-corrected chi connectivity index (χ3v) is 1.98. The molecule has 0 spiro atoms. The highest BCUT2D eigenvalue weighted by molar-refractivity contribution is 7.18. The van der Waals surface area contributed by atoms with Crippen LogP contribution in [-0.4, -0.2) is 5.41 Å². The molecule has 0 fully saturated rings. The van der Waals surface area contributed by atoms with Crippen LogP contribution in [-0.2, 0) is 0 Å². The lowest BCUT2D eigenvalue weighted by Crippen LogP contribution is -2.14. The molecule has 0 nitrogen and oxygen atoms in total. The van der Waals surface area contributed by atoms with Gasteiger partial charge < -0.3 is 0 Å². The molecule has 2 heteroatoms. The average molecular weight is 180 g/mol. The van der Waals surface area contributed by atoms with E-state index in [2.05, 4.69) is 9.24 Å². The summed E-state index contributed by atoms with van der Waals surface area (Å²) < 4.78 is 13.0. The van der Waals surface area contributed by atoms with Crippen LogP contribution in [0, 0.1) is 5.92 Å². The minimum absolute atomic E-state index is 0.451. The molecule has 0 rings (SSSR count). The summed E-state index contributed by atoms with van der Waals surface area (Å²) in [6.07, 6.45) is 1.24. The fourth-order valence-corrected chi connectivity index (χ4v) is 1.29. The molecule has 11 heavy (non-hydrogen) atoms. The highest BCUT2D eigenvalue weighted by atomic mass is 31.0. The van der Waals surface area contributed by atoms with E-state index in [1.165, 1.54) is 0 Å². The Kier molecular flexibility index (Phi) is 8.90. The van der Waals surface area contributed by atoms with Crippen LogP contribution in [0.3, 0.4) is 0 Å². The van der Waals surface area contributed by atoms with Crippen LogP contribution in [0.25, 0.3) is 0 Å². The van der Waals surface area contributed by atoms with Crippen molar-refractivity contribution in [3.63, 3.8) is 0 Å². The van der Waals surface area contributed by atoms with Gasteiger partial charge in [-0.25, -0.2) is 4.39 Å². The molecule has 0 aliphatic rings. The Balaban J connectivity index is 0. The molecular formula is C9H22FP. The van der Waals surface area contributed by atoms with Crippen molar-refractivity contribution in [3.05, 3.63) is 0 Å². The van der Waals surface area contributed by atoms with E-state index in [-0.39, 0.29) is 0 Å². The first-order chi connectivity index (χ1) is 4.98.